The van der Waals surface area contributed by atoms with Gasteiger partial charge in [0.2, 0.25) is 5.69 Å². The van der Waals surface area contributed by atoms with Crippen molar-refractivity contribution in [3.63, 3.8) is 0 Å². The van der Waals surface area contributed by atoms with Gasteiger partial charge in [-0.1, -0.05) is 43.7 Å². The van der Waals surface area contributed by atoms with Gasteiger partial charge in [0.05, 0.1) is 36.3 Å². The molecule has 1 fully saturated rings. The maximum atomic E-state index is 12.6. The van der Waals surface area contributed by atoms with Gasteiger partial charge in [0.25, 0.3) is 21.9 Å². The first-order valence-corrected chi connectivity index (χ1v) is 32.1. The summed E-state index contributed by atoms with van der Waals surface area (Å²) in [7, 11) is -18.1. The second-order valence-electron chi connectivity index (χ2n) is 20.9. The normalized spacial score (nSPS) is 18.1. The summed E-state index contributed by atoms with van der Waals surface area (Å²) in [5, 5.41) is 2.40. The number of unbranched alkanes of at least 4 members (excludes halogenated alkanes) is 2. The molecule has 3 aromatic carbocycles. The van der Waals surface area contributed by atoms with E-state index in [0.29, 0.717) is 59.8 Å². The Morgan fingerprint density at radius 1 is 0.753 bits per heavy atom. The monoisotopic (exact) mass is 1240 g/mol. The summed E-state index contributed by atoms with van der Waals surface area (Å²) in [6.45, 7) is 8.90. The number of benzene rings is 3. The largest absolute Gasteiger partial charge is 1.00 e. The smallest absolute Gasteiger partial charge is 0.748 e. The molecule has 0 radical (unpaired) electrons. The molecular weight excluding hydrogens is 1180 g/mol. The Kier molecular flexibility index (Phi) is 25.4. The zero-order chi connectivity index (χ0) is 57.2. The zero-order valence-corrected chi connectivity index (χ0v) is 56.8. The van der Waals surface area contributed by atoms with Gasteiger partial charge in [0, 0.05) is 102 Å². The van der Waals surface area contributed by atoms with Crippen LogP contribution in [0.3, 0.4) is 0 Å². The van der Waals surface area contributed by atoms with E-state index in [9.17, 15) is 66.3 Å². The van der Waals surface area contributed by atoms with Gasteiger partial charge < -0.3 is 28.3 Å². The summed E-state index contributed by atoms with van der Waals surface area (Å²) >= 11 is 7.31. The molecule has 424 valence electrons. The standard InChI is InChI=1S/C53H65ClN4O16S4.3Na/c1-52(2)42-35-39(55(27-9-31-75(62,63)64)28-10-32-76(65,66)67)18-22-43(42)56(30-11-33-77(68,69)70)45(52)23-16-36-12-8-13-37(51(36)54)17-24-46-53(3,4)50-41-20-19-40(78(71,72)73)34-38(41)15-21-44(50)57(46)29-7-5-6-14-49(61)74-58-47(59)25-26-48(58)60;;;/h15-24,34-35H,5-14,25-33H2,1-4H3,(H3-,62,63,64,65,66,67,68,69,70,71,72,73);;;/q;3*+1/p-2. The first kappa shape index (κ1) is 71.2. The Morgan fingerprint density at radius 2 is 1.40 bits per heavy atom. The molecule has 3 heterocycles. The van der Waals surface area contributed by atoms with Gasteiger partial charge >= 0.3 is 94.6 Å². The van der Waals surface area contributed by atoms with Crippen LogP contribution >= 0.6 is 11.6 Å². The van der Waals surface area contributed by atoms with Crippen LogP contribution in [0.2, 0.25) is 0 Å². The Hall–Kier alpha value is -2.31. The fourth-order valence-electron chi connectivity index (χ4n) is 10.8. The van der Waals surface area contributed by atoms with E-state index in [1.807, 2.05) is 61.3 Å². The minimum absolute atomic E-state index is 0. The van der Waals surface area contributed by atoms with E-state index < -0.39 is 86.3 Å². The van der Waals surface area contributed by atoms with Crippen molar-refractivity contribution in [2.75, 3.05) is 53.2 Å². The van der Waals surface area contributed by atoms with Gasteiger partial charge in [-0.2, -0.15) is 13.0 Å². The van der Waals surface area contributed by atoms with Crippen molar-refractivity contribution in [2.45, 2.75) is 120 Å². The molecule has 0 spiro atoms. The molecule has 81 heavy (non-hydrogen) atoms. The maximum Gasteiger partial charge on any atom is 1.00 e. The van der Waals surface area contributed by atoms with Crippen LogP contribution in [0.4, 0.5) is 17.1 Å². The number of allylic oxidation sites excluding steroid dienone is 8. The number of rotatable bonds is 24. The Bertz CT molecular complexity index is 3500. The number of carbonyl (C=O) groups excluding carboxylic acids is 3. The first-order chi connectivity index (χ1) is 36.4. The van der Waals surface area contributed by atoms with Gasteiger partial charge in [-0.05, 0) is 135 Å². The minimum Gasteiger partial charge on any atom is -0.748 e. The van der Waals surface area contributed by atoms with Gasteiger partial charge in [-0.15, -0.1) is 5.06 Å². The third kappa shape index (κ3) is 18.1. The fraction of sp³-hybridized carbons (Fsp3) is 0.472. The van der Waals surface area contributed by atoms with Crippen LogP contribution in [0.25, 0.3) is 10.8 Å². The summed E-state index contributed by atoms with van der Waals surface area (Å²) in [6.07, 6.45) is 11.5. The number of anilines is 2. The van der Waals surface area contributed by atoms with E-state index >= 15 is 0 Å². The number of imide groups is 1. The first-order valence-electron chi connectivity index (χ1n) is 25.6. The van der Waals surface area contributed by atoms with Crippen molar-refractivity contribution in [3.8, 4) is 0 Å². The molecule has 0 aromatic heterocycles. The fourth-order valence-corrected chi connectivity index (χ4v) is 13.1. The van der Waals surface area contributed by atoms with Crippen LogP contribution in [-0.2, 0) is 70.5 Å². The van der Waals surface area contributed by atoms with Crippen LogP contribution in [-0.4, -0.2) is 128 Å². The van der Waals surface area contributed by atoms with E-state index in [0.717, 1.165) is 56.9 Å². The zero-order valence-electron chi connectivity index (χ0n) is 46.7. The molecule has 1 N–H and O–H groups in total. The van der Waals surface area contributed by atoms with E-state index in [-0.39, 0.29) is 152 Å². The number of halogens is 1. The molecule has 28 heteroatoms. The number of amides is 2. The predicted molar refractivity (Wildman–Crippen MR) is 291 cm³/mol. The third-order valence-corrected chi connectivity index (χ3v) is 18.3. The molecular formula is C53H63ClN4Na3O16S4+. The SMILES string of the molecule is CC1(C)C(=CC=C2CCCC(C=CC3=[N+](CCCCCC(=O)ON4C(=O)CCC4=O)c4ccc5cc(S(=O)(=O)[O-])ccc5c4C3(C)C)=C2Cl)N(CCCS(=O)(=O)O)c2ccc(N(CCCS(=O)(=O)[O-])CCCS(=O)(=O)[O-])cc21.[Na+].[Na+].[Na+]. The molecule has 0 bridgehead atoms. The third-order valence-electron chi connectivity index (χ3n) is 14.6. The van der Waals surface area contributed by atoms with Crippen molar-refractivity contribution in [2.24, 2.45) is 0 Å². The van der Waals surface area contributed by atoms with Crippen LogP contribution in [0, 0.1) is 0 Å². The van der Waals surface area contributed by atoms with Crippen molar-refractivity contribution >= 4 is 103 Å². The molecule has 3 aliphatic heterocycles. The second kappa shape index (κ2) is 28.9. The molecule has 4 aliphatic rings. The average Bonchev–Trinajstić information content (AvgIpc) is 4.05. The summed E-state index contributed by atoms with van der Waals surface area (Å²) < 4.78 is 140. The molecule has 7 rings (SSSR count). The summed E-state index contributed by atoms with van der Waals surface area (Å²) in [5.41, 5.74) is 5.82. The van der Waals surface area contributed by atoms with Crippen molar-refractivity contribution < 1.29 is 164 Å². The van der Waals surface area contributed by atoms with Gasteiger partial charge in [-0.25, -0.2) is 30.0 Å². The summed E-state index contributed by atoms with van der Waals surface area (Å²) in [5.74, 6) is -3.59. The van der Waals surface area contributed by atoms with E-state index in [1.165, 1.54) is 12.1 Å². The average molecular weight is 1240 g/mol. The van der Waals surface area contributed by atoms with Crippen LogP contribution < -0.4 is 98.5 Å². The quantitative estimate of drug-likeness (QED) is 0.0337. The number of hydrogen-bond acceptors (Lipinski definition) is 17. The van der Waals surface area contributed by atoms with Crippen molar-refractivity contribution in [1.29, 1.82) is 0 Å². The summed E-state index contributed by atoms with van der Waals surface area (Å²) in [6, 6.07) is 13.4. The summed E-state index contributed by atoms with van der Waals surface area (Å²) in [4.78, 5) is 44.9. The Balaban J connectivity index is 0.00000470. The minimum atomic E-state index is -4.73. The molecule has 0 saturated carbocycles. The van der Waals surface area contributed by atoms with Crippen molar-refractivity contribution in [3.05, 3.63) is 106 Å². The van der Waals surface area contributed by atoms with E-state index in [1.54, 1.807) is 23.1 Å². The Morgan fingerprint density at radius 3 is 2.00 bits per heavy atom. The van der Waals surface area contributed by atoms with Crippen molar-refractivity contribution in [1.82, 2.24) is 5.06 Å². The van der Waals surface area contributed by atoms with Gasteiger partial charge in [0.15, 0.2) is 5.71 Å². The number of hydroxylamine groups is 2. The van der Waals surface area contributed by atoms with Crippen LogP contribution in [0.15, 0.2) is 99.6 Å². The topological polar surface area (TPSA) is 299 Å². The van der Waals surface area contributed by atoms with Crippen LogP contribution in [0.1, 0.15) is 116 Å². The van der Waals surface area contributed by atoms with E-state index in [4.69, 9.17) is 16.4 Å². The maximum absolute atomic E-state index is 12.6. The molecule has 1 saturated heterocycles. The molecule has 0 atom stereocenters. The predicted octanol–water partition coefficient (Wildman–Crippen LogP) is -1.90. The van der Waals surface area contributed by atoms with Crippen LogP contribution in [0.5, 0.6) is 0 Å². The number of fused-ring (bicyclic) bond motifs is 4. The Labute approximate surface area is 546 Å². The van der Waals surface area contributed by atoms with E-state index in [2.05, 4.69) is 18.4 Å². The number of carbonyl (C=O) groups is 3. The number of nitrogens with zero attached hydrogens (tertiary/aromatic N) is 4. The molecule has 20 nitrogen and oxygen atoms in total. The van der Waals surface area contributed by atoms with Gasteiger partial charge in [-0.3, -0.25) is 14.1 Å². The molecule has 3 aromatic rings. The van der Waals surface area contributed by atoms with Gasteiger partial charge in [0.1, 0.15) is 16.7 Å². The molecule has 1 aliphatic carbocycles. The molecule has 2 amide bonds. The molecule has 0 unspecified atom stereocenters. The number of hydrogen-bond donors (Lipinski definition) is 1. The second-order valence-corrected chi connectivity index (χ2v) is 27.3.